The van der Waals surface area contributed by atoms with Crippen molar-refractivity contribution < 1.29 is 4.79 Å². The topological polar surface area (TPSA) is 34.9 Å². The SMILES string of the molecule is CCCCn1nccc1C(=O)Cl. The standard InChI is InChI=1S/C8H11ClN2O/c1-2-3-6-11-7(8(9)12)4-5-10-11/h4-5H,2-3,6H2,1H3. The van der Waals surface area contributed by atoms with Crippen LogP contribution in [0.25, 0.3) is 0 Å². The molecule has 1 aromatic heterocycles. The molecule has 0 saturated heterocycles. The number of aromatic nitrogens is 2. The van der Waals surface area contributed by atoms with E-state index in [1.54, 1.807) is 16.9 Å². The number of halogens is 1. The normalized spacial score (nSPS) is 10.2. The zero-order valence-corrected chi connectivity index (χ0v) is 7.71. The molecule has 0 aliphatic rings. The Morgan fingerprint density at radius 1 is 1.75 bits per heavy atom. The molecule has 0 N–H and O–H groups in total. The smallest absolute Gasteiger partial charge is 0.270 e. The average Bonchev–Trinajstić information content (AvgIpc) is 2.48. The fourth-order valence-electron chi connectivity index (χ4n) is 0.986. The van der Waals surface area contributed by atoms with E-state index in [4.69, 9.17) is 11.6 Å². The van der Waals surface area contributed by atoms with Gasteiger partial charge in [-0.2, -0.15) is 5.10 Å². The molecule has 0 radical (unpaired) electrons. The van der Waals surface area contributed by atoms with Gasteiger partial charge in [0.25, 0.3) is 5.24 Å². The van der Waals surface area contributed by atoms with Crippen LogP contribution in [0.5, 0.6) is 0 Å². The van der Waals surface area contributed by atoms with Crippen molar-refractivity contribution in [2.24, 2.45) is 0 Å². The van der Waals surface area contributed by atoms with E-state index in [0.717, 1.165) is 19.4 Å². The predicted octanol–water partition coefficient (Wildman–Crippen LogP) is 2.06. The number of carbonyl (C=O) groups excluding carboxylic acids is 1. The van der Waals surface area contributed by atoms with Gasteiger partial charge in [0.1, 0.15) is 5.69 Å². The number of rotatable bonds is 4. The van der Waals surface area contributed by atoms with Crippen molar-refractivity contribution >= 4 is 16.8 Å². The summed E-state index contributed by atoms with van der Waals surface area (Å²) in [5, 5.41) is 3.55. The summed E-state index contributed by atoms with van der Waals surface area (Å²) in [5.41, 5.74) is 0.477. The summed E-state index contributed by atoms with van der Waals surface area (Å²) in [4.78, 5) is 10.8. The quantitative estimate of drug-likeness (QED) is 0.675. The van der Waals surface area contributed by atoms with Crippen molar-refractivity contribution in [2.45, 2.75) is 26.3 Å². The van der Waals surface area contributed by atoms with Gasteiger partial charge in [-0.15, -0.1) is 0 Å². The minimum atomic E-state index is -0.441. The van der Waals surface area contributed by atoms with Gasteiger partial charge >= 0.3 is 0 Å². The third kappa shape index (κ3) is 2.08. The first kappa shape index (κ1) is 9.26. The molecule has 0 unspecified atom stereocenters. The molecule has 4 heteroatoms. The summed E-state index contributed by atoms with van der Waals surface area (Å²) in [5.74, 6) is 0. The Bertz CT molecular complexity index is 270. The monoisotopic (exact) mass is 186 g/mol. The van der Waals surface area contributed by atoms with Crippen LogP contribution in [0.1, 0.15) is 30.3 Å². The van der Waals surface area contributed by atoms with Gasteiger partial charge in [0.2, 0.25) is 0 Å². The van der Waals surface area contributed by atoms with Crippen molar-refractivity contribution in [3.05, 3.63) is 18.0 Å². The second kappa shape index (κ2) is 4.26. The molecule has 0 aliphatic carbocycles. The van der Waals surface area contributed by atoms with Crippen LogP contribution < -0.4 is 0 Å². The second-order valence-corrected chi connectivity index (χ2v) is 2.91. The minimum absolute atomic E-state index is 0.441. The van der Waals surface area contributed by atoms with E-state index in [2.05, 4.69) is 12.0 Å². The number of unbranched alkanes of at least 4 members (excludes halogenated alkanes) is 1. The van der Waals surface area contributed by atoms with Gasteiger partial charge < -0.3 is 0 Å². The number of carbonyl (C=O) groups is 1. The van der Waals surface area contributed by atoms with E-state index in [-0.39, 0.29) is 0 Å². The Hall–Kier alpha value is -0.830. The third-order valence-corrected chi connectivity index (χ3v) is 1.84. The van der Waals surface area contributed by atoms with Gasteiger partial charge in [0, 0.05) is 12.7 Å². The van der Waals surface area contributed by atoms with Crippen molar-refractivity contribution in [3.8, 4) is 0 Å². The van der Waals surface area contributed by atoms with Crippen LogP contribution in [0.2, 0.25) is 0 Å². The lowest BCUT2D eigenvalue weighted by molar-refractivity contribution is 0.107. The molecule has 0 bridgehead atoms. The lowest BCUT2D eigenvalue weighted by atomic mass is 10.3. The first-order chi connectivity index (χ1) is 5.75. The van der Waals surface area contributed by atoms with E-state index in [0.29, 0.717) is 5.69 Å². The second-order valence-electron chi connectivity index (χ2n) is 2.57. The summed E-state index contributed by atoms with van der Waals surface area (Å²) in [6.07, 6.45) is 3.68. The molecule has 1 rings (SSSR count). The molecule has 3 nitrogen and oxygen atoms in total. The molecule has 12 heavy (non-hydrogen) atoms. The zero-order valence-electron chi connectivity index (χ0n) is 6.96. The van der Waals surface area contributed by atoms with E-state index >= 15 is 0 Å². The highest BCUT2D eigenvalue weighted by atomic mass is 35.5. The Labute approximate surface area is 76.3 Å². The van der Waals surface area contributed by atoms with E-state index in [9.17, 15) is 4.79 Å². The van der Waals surface area contributed by atoms with Gasteiger partial charge in [-0.1, -0.05) is 13.3 Å². The van der Waals surface area contributed by atoms with E-state index < -0.39 is 5.24 Å². The van der Waals surface area contributed by atoms with Crippen molar-refractivity contribution in [1.29, 1.82) is 0 Å². The summed E-state index contributed by atoms with van der Waals surface area (Å²) in [6, 6.07) is 1.63. The molecular weight excluding hydrogens is 176 g/mol. The fourth-order valence-corrected chi connectivity index (χ4v) is 1.15. The van der Waals surface area contributed by atoms with Crippen molar-refractivity contribution in [1.82, 2.24) is 9.78 Å². The van der Waals surface area contributed by atoms with Crippen LogP contribution in [-0.4, -0.2) is 15.0 Å². The summed E-state index contributed by atoms with van der Waals surface area (Å²) in [6.45, 7) is 2.85. The van der Waals surface area contributed by atoms with Crippen LogP contribution in [0.3, 0.4) is 0 Å². The molecule has 0 saturated carbocycles. The van der Waals surface area contributed by atoms with E-state index in [1.165, 1.54) is 0 Å². The first-order valence-corrected chi connectivity index (χ1v) is 4.35. The number of hydrogen-bond donors (Lipinski definition) is 0. The summed E-state index contributed by atoms with van der Waals surface area (Å²) in [7, 11) is 0. The van der Waals surface area contributed by atoms with Crippen LogP contribution >= 0.6 is 11.6 Å². The van der Waals surface area contributed by atoms with Gasteiger partial charge in [0.15, 0.2) is 0 Å². The van der Waals surface area contributed by atoms with Gasteiger partial charge in [-0.3, -0.25) is 9.48 Å². The highest BCUT2D eigenvalue weighted by Crippen LogP contribution is 2.04. The molecule has 0 atom stereocenters. The molecule has 1 aromatic rings. The molecule has 0 spiro atoms. The molecule has 0 aromatic carbocycles. The Morgan fingerprint density at radius 3 is 3.08 bits per heavy atom. The average molecular weight is 187 g/mol. The Morgan fingerprint density at radius 2 is 2.50 bits per heavy atom. The maximum absolute atomic E-state index is 10.8. The maximum Gasteiger partial charge on any atom is 0.270 e. The summed E-state index contributed by atoms with van der Waals surface area (Å²) >= 11 is 5.33. The van der Waals surface area contributed by atoms with E-state index in [1.807, 2.05) is 0 Å². The minimum Gasteiger partial charge on any atom is -0.274 e. The molecule has 0 amide bonds. The van der Waals surface area contributed by atoms with Gasteiger partial charge in [-0.05, 0) is 24.1 Å². The lowest BCUT2D eigenvalue weighted by Crippen LogP contribution is -2.06. The van der Waals surface area contributed by atoms with Gasteiger partial charge in [-0.25, -0.2) is 0 Å². The Kier molecular flexibility index (Phi) is 3.29. The summed E-state index contributed by atoms with van der Waals surface area (Å²) < 4.78 is 1.64. The Balaban J connectivity index is 2.70. The van der Waals surface area contributed by atoms with Crippen molar-refractivity contribution in [3.63, 3.8) is 0 Å². The van der Waals surface area contributed by atoms with Crippen LogP contribution in [-0.2, 0) is 6.54 Å². The highest BCUT2D eigenvalue weighted by molar-refractivity contribution is 6.67. The largest absolute Gasteiger partial charge is 0.274 e. The number of aryl methyl sites for hydroxylation is 1. The fraction of sp³-hybridized carbons (Fsp3) is 0.500. The zero-order chi connectivity index (χ0) is 8.97. The molecule has 1 heterocycles. The molecular formula is C8H11ClN2O. The predicted molar refractivity (Wildman–Crippen MR) is 47.3 cm³/mol. The number of hydrogen-bond acceptors (Lipinski definition) is 2. The lowest BCUT2D eigenvalue weighted by Gasteiger charge is -2.01. The number of nitrogens with zero attached hydrogens (tertiary/aromatic N) is 2. The van der Waals surface area contributed by atoms with Gasteiger partial charge in [0.05, 0.1) is 0 Å². The van der Waals surface area contributed by atoms with Crippen LogP contribution in [0.15, 0.2) is 12.3 Å². The van der Waals surface area contributed by atoms with Crippen LogP contribution in [0.4, 0.5) is 0 Å². The maximum atomic E-state index is 10.8. The third-order valence-electron chi connectivity index (χ3n) is 1.64. The van der Waals surface area contributed by atoms with Crippen molar-refractivity contribution in [2.75, 3.05) is 0 Å². The highest BCUT2D eigenvalue weighted by Gasteiger charge is 2.07. The molecule has 0 fully saturated rings. The molecule has 66 valence electrons. The molecule has 0 aliphatic heterocycles. The first-order valence-electron chi connectivity index (χ1n) is 3.97. The van der Waals surface area contributed by atoms with Crippen LogP contribution in [0, 0.1) is 0 Å².